The second-order valence-electron chi connectivity index (χ2n) is 5.10. The van der Waals surface area contributed by atoms with Crippen molar-refractivity contribution >= 4 is 22.1 Å². The second kappa shape index (κ2) is 13.5. The molecule has 0 aliphatic rings. The van der Waals surface area contributed by atoms with E-state index in [9.17, 15) is 5.11 Å². The molecule has 0 unspecified atom stereocenters. The molecular formula is C24H34N2O. The summed E-state index contributed by atoms with van der Waals surface area (Å²) in [4.78, 5) is 0. The van der Waals surface area contributed by atoms with E-state index in [1.165, 1.54) is 0 Å². The summed E-state index contributed by atoms with van der Waals surface area (Å²) in [5.41, 5.74) is 3.23. The molecule has 146 valence electrons. The average molecular weight is 367 g/mol. The molecule has 0 saturated carbocycles. The molecule has 0 radical (unpaired) electrons. The summed E-state index contributed by atoms with van der Waals surface area (Å²) < 4.78 is 0. The molecule has 3 aromatic rings. The predicted octanol–water partition coefficient (Wildman–Crippen LogP) is 8.66. The van der Waals surface area contributed by atoms with Crippen LogP contribution in [0.5, 0.6) is 5.75 Å². The van der Waals surface area contributed by atoms with E-state index in [0.717, 1.165) is 27.6 Å². The molecule has 0 heterocycles. The Kier molecular flexibility index (Phi) is 12.2. The van der Waals surface area contributed by atoms with Gasteiger partial charge in [0.1, 0.15) is 5.69 Å². The number of aryl methyl sites for hydroxylation is 2. The highest BCUT2D eigenvalue weighted by atomic mass is 16.3. The largest absolute Gasteiger partial charge is 0.505 e. The van der Waals surface area contributed by atoms with Crippen LogP contribution in [0.4, 0.5) is 11.4 Å². The van der Waals surface area contributed by atoms with Gasteiger partial charge < -0.3 is 5.11 Å². The lowest BCUT2D eigenvalue weighted by Gasteiger charge is -2.09. The summed E-state index contributed by atoms with van der Waals surface area (Å²) in [6.45, 7) is 15.9. The molecule has 0 aromatic heterocycles. The maximum Gasteiger partial charge on any atom is 0.151 e. The third-order valence-electron chi connectivity index (χ3n) is 3.53. The van der Waals surface area contributed by atoms with E-state index in [1.807, 2.05) is 110 Å². The molecule has 1 N–H and O–H groups in total. The molecule has 0 aliphatic heterocycles. The highest BCUT2D eigenvalue weighted by Gasteiger charge is 2.11. The van der Waals surface area contributed by atoms with Crippen molar-refractivity contribution < 1.29 is 5.11 Å². The topological polar surface area (TPSA) is 45.0 Å². The van der Waals surface area contributed by atoms with Gasteiger partial charge >= 0.3 is 0 Å². The van der Waals surface area contributed by atoms with Gasteiger partial charge in [-0.2, -0.15) is 5.11 Å². The zero-order valence-electron chi connectivity index (χ0n) is 18.0. The Morgan fingerprint density at radius 1 is 0.667 bits per heavy atom. The fourth-order valence-corrected chi connectivity index (χ4v) is 2.47. The Morgan fingerprint density at radius 2 is 1.26 bits per heavy atom. The summed E-state index contributed by atoms with van der Waals surface area (Å²) >= 11 is 0. The summed E-state index contributed by atoms with van der Waals surface area (Å²) in [6, 6.07) is 17.5. The van der Waals surface area contributed by atoms with E-state index in [1.54, 1.807) is 0 Å². The minimum Gasteiger partial charge on any atom is -0.505 e. The molecule has 3 heteroatoms. The Labute approximate surface area is 164 Å². The average Bonchev–Trinajstić information content (AvgIpc) is 2.73. The molecule has 0 saturated heterocycles. The van der Waals surface area contributed by atoms with Crippen LogP contribution in [-0.4, -0.2) is 5.11 Å². The predicted molar refractivity (Wildman–Crippen MR) is 120 cm³/mol. The summed E-state index contributed by atoms with van der Waals surface area (Å²) in [5.74, 6) is 0.197. The molecule has 3 rings (SSSR count). The van der Waals surface area contributed by atoms with Crippen LogP contribution in [0.1, 0.15) is 52.7 Å². The van der Waals surface area contributed by atoms with Gasteiger partial charge in [0, 0.05) is 5.39 Å². The van der Waals surface area contributed by atoms with Crippen LogP contribution in [-0.2, 0) is 0 Å². The molecule has 3 aromatic carbocycles. The van der Waals surface area contributed by atoms with Gasteiger partial charge in [-0.1, -0.05) is 77.9 Å². The molecule has 3 nitrogen and oxygen atoms in total. The molecule has 27 heavy (non-hydrogen) atoms. The van der Waals surface area contributed by atoms with Crippen molar-refractivity contribution in [2.24, 2.45) is 10.2 Å². The van der Waals surface area contributed by atoms with Crippen molar-refractivity contribution in [1.82, 2.24) is 0 Å². The Morgan fingerprint density at radius 3 is 1.85 bits per heavy atom. The lowest BCUT2D eigenvalue weighted by molar-refractivity contribution is 0.482. The first-order chi connectivity index (χ1) is 13.2. The van der Waals surface area contributed by atoms with Crippen molar-refractivity contribution in [2.45, 2.75) is 55.4 Å². The van der Waals surface area contributed by atoms with E-state index in [2.05, 4.69) is 10.2 Å². The van der Waals surface area contributed by atoms with Crippen LogP contribution >= 0.6 is 0 Å². The van der Waals surface area contributed by atoms with Gasteiger partial charge in [0.15, 0.2) is 5.75 Å². The number of hydrogen-bond acceptors (Lipinski definition) is 3. The van der Waals surface area contributed by atoms with E-state index < -0.39 is 0 Å². The molecule has 0 aliphatic carbocycles. The number of rotatable bonds is 2. The first kappa shape index (κ1) is 24.3. The number of azo groups is 1. The van der Waals surface area contributed by atoms with Crippen molar-refractivity contribution in [1.29, 1.82) is 0 Å². The van der Waals surface area contributed by atoms with Gasteiger partial charge in [-0.25, -0.2) is 0 Å². The van der Waals surface area contributed by atoms with E-state index >= 15 is 0 Å². The van der Waals surface area contributed by atoms with Crippen molar-refractivity contribution in [2.75, 3.05) is 0 Å². The number of phenolic OH excluding ortho intramolecular Hbond substituents is 1. The smallest absolute Gasteiger partial charge is 0.151 e. The zero-order valence-corrected chi connectivity index (χ0v) is 18.0. The first-order valence-electron chi connectivity index (χ1n) is 9.85. The van der Waals surface area contributed by atoms with E-state index in [0.29, 0.717) is 5.69 Å². The highest BCUT2D eigenvalue weighted by molar-refractivity contribution is 5.96. The number of fused-ring (bicyclic) bond motifs is 1. The fourth-order valence-electron chi connectivity index (χ4n) is 2.47. The van der Waals surface area contributed by atoms with Gasteiger partial charge in [-0.05, 0) is 48.6 Å². The minimum absolute atomic E-state index is 0.197. The third kappa shape index (κ3) is 6.52. The Bertz CT molecular complexity index is 825. The van der Waals surface area contributed by atoms with Gasteiger partial charge in [-0.15, -0.1) is 5.11 Å². The quantitative estimate of drug-likeness (QED) is 0.453. The summed E-state index contributed by atoms with van der Waals surface area (Å²) in [6.07, 6.45) is 0. The standard InChI is InChI=1S/C18H16N2O.3C2H6/c1-12-7-6-8-14-11-13(2)17(18(21)16(12)14)20-19-15-9-4-3-5-10-15;3*1-2/h3-11,21H,1-2H3;3*1-2H3. The zero-order chi connectivity index (χ0) is 20.8. The van der Waals surface area contributed by atoms with Crippen LogP contribution in [0.25, 0.3) is 10.8 Å². The lowest BCUT2D eigenvalue weighted by atomic mass is 10.0. The Balaban J connectivity index is 0.00000103. The maximum atomic E-state index is 10.5. The minimum atomic E-state index is 0.197. The number of benzene rings is 3. The third-order valence-corrected chi connectivity index (χ3v) is 3.53. The van der Waals surface area contributed by atoms with Gasteiger partial charge in [0.25, 0.3) is 0 Å². The number of phenols is 1. The molecular weight excluding hydrogens is 332 g/mol. The Hall–Kier alpha value is -2.68. The maximum absolute atomic E-state index is 10.5. The molecule has 0 atom stereocenters. The monoisotopic (exact) mass is 366 g/mol. The van der Waals surface area contributed by atoms with Crippen molar-refractivity contribution in [3.63, 3.8) is 0 Å². The van der Waals surface area contributed by atoms with Crippen molar-refractivity contribution in [3.05, 3.63) is 65.7 Å². The SMILES string of the molecule is CC.CC.CC.Cc1cc2cccc(C)c2c(O)c1N=Nc1ccccc1. The van der Waals surface area contributed by atoms with Gasteiger partial charge in [-0.3, -0.25) is 0 Å². The number of aromatic hydroxyl groups is 1. The van der Waals surface area contributed by atoms with E-state index in [4.69, 9.17) is 0 Å². The number of hydrogen-bond donors (Lipinski definition) is 1. The summed E-state index contributed by atoms with van der Waals surface area (Å²) in [5, 5.41) is 20.8. The van der Waals surface area contributed by atoms with Crippen LogP contribution in [0, 0.1) is 13.8 Å². The van der Waals surface area contributed by atoms with Crippen LogP contribution < -0.4 is 0 Å². The van der Waals surface area contributed by atoms with Gasteiger partial charge in [0.2, 0.25) is 0 Å². The second-order valence-corrected chi connectivity index (χ2v) is 5.10. The fraction of sp³-hybridized carbons (Fsp3) is 0.333. The molecule has 0 bridgehead atoms. The number of nitrogens with zero attached hydrogens (tertiary/aromatic N) is 2. The first-order valence-corrected chi connectivity index (χ1v) is 9.85. The molecule has 0 amide bonds. The normalized spacial score (nSPS) is 9.48. The van der Waals surface area contributed by atoms with Crippen LogP contribution in [0.15, 0.2) is 64.8 Å². The summed E-state index contributed by atoms with van der Waals surface area (Å²) in [7, 11) is 0. The van der Waals surface area contributed by atoms with Crippen LogP contribution in [0.2, 0.25) is 0 Å². The highest BCUT2D eigenvalue weighted by Crippen LogP contribution is 2.40. The van der Waals surface area contributed by atoms with E-state index in [-0.39, 0.29) is 5.75 Å². The van der Waals surface area contributed by atoms with Crippen molar-refractivity contribution in [3.8, 4) is 5.75 Å². The van der Waals surface area contributed by atoms with Crippen LogP contribution in [0.3, 0.4) is 0 Å². The lowest BCUT2D eigenvalue weighted by Crippen LogP contribution is -1.83. The van der Waals surface area contributed by atoms with Gasteiger partial charge in [0.05, 0.1) is 5.69 Å². The molecule has 0 spiro atoms. The molecule has 0 fully saturated rings.